The van der Waals surface area contributed by atoms with E-state index in [4.69, 9.17) is 11.5 Å². The van der Waals surface area contributed by atoms with Crippen LogP contribution in [0.5, 0.6) is 0 Å². The Morgan fingerprint density at radius 3 is 2.58 bits per heavy atom. The molecule has 4 N–H and O–H groups in total. The number of nitrogen functional groups attached to an aromatic ring is 1. The molecule has 0 radical (unpaired) electrons. The zero-order valence-electron chi connectivity index (χ0n) is 6.61. The minimum Gasteiger partial charge on any atom is -0.369 e. The number of amides is 1. The van der Waals surface area contributed by atoms with E-state index in [1.54, 1.807) is 6.92 Å². The maximum absolute atomic E-state index is 10.5. The van der Waals surface area contributed by atoms with Gasteiger partial charge in [0.1, 0.15) is 11.6 Å². The van der Waals surface area contributed by atoms with Gasteiger partial charge in [-0.3, -0.25) is 4.79 Å². The normalized spacial score (nSPS) is 9.75. The Morgan fingerprint density at radius 1 is 1.42 bits per heavy atom. The van der Waals surface area contributed by atoms with Crippen molar-refractivity contribution in [2.24, 2.45) is 5.73 Å². The molecule has 6 nitrogen and oxygen atoms in total. The summed E-state index contributed by atoms with van der Waals surface area (Å²) in [6.07, 6.45) is -0.00639. The second-order valence-corrected chi connectivity index (χ2v) is 2.30. The average molecular weight is 167 g/mol. The van der Waals surface area contributed by atoms with Crippen molar-refractivity contribution in [2.45, 2.75) is 13.3 Å². The minimum atomic E-state index is -0.486. The van der Waals surface area contributed by atoms with Crippen LogP contribution in [0, 0.1) is 6.92 Å². The van der Waals surface area contributed by atoms with Crippen molar-refractivity contribution in [1.82, 2.24) is 15.0 Å². The first-order chi connectivity index (χ1) is 5.58. The molecular formula is C6H9N5O. The molecule has 1 aromatic rings. The second kappa shape index (κ2) is 3.12. The van der Waals surface area contributed by atoms with Crippen molar-refractivity contribution in [1.29, 1.82) is 0 Å². The van der Waals surface area contributed by atoms with Gasteiger partial charge < -0.3 is 11.5 Å². The van der Waals surface area contributed by atoms with E-state index in [1.807, 2.05) is 0 Å². The molecule has 0 aliphatic rings. The maximum atomic E-state index is 10.5. The van der Waals surface area contributed by atoms with Crippen molar-refractivity contribution < 1.29 is 4.79 Å². The van der Waals surface area contributed by atoms with Crippen LogP contribution < -0.4 is 11.5 Å². The molecule has 0 unspecified atom stereocenters. The summed E-state index contributed by atoms with van der Waals surface area (Å²) in [6, 6.07) is 0. The summed E-state index contributed by atoms with van der Waals surface area (Å²) in [5.74, 6) is 0.421. The summed E-state index contributed by atoms with van der Waals surface area (Å²) >= 11 is 0. The summed E-state index contributed by atoms with van der Waals surface area (Å²) in [4.78, 5) is 21.8. The molecule has 0 saturated heterocycles. The van der Waals surface area contributed by atoms with E-state index in [0.29, 0.717) is 11.6 Å². The summed E-state index contributed by atoms with van der Waals surface area (Å²) in [6.45, 7) is 1.67. The fraction of sp³-hybridized carbons (Fsp3) is 0.333. The van der Waals surface area contributed by atoms with Gasteiger partial charge in [0, 0.05) is 0 Å². The van der Waals surface area contributed by atoms with E-state index in [-0.39, 0.29) is 12.4 Å². The van der Waals surface area contributed by atoms with Gasteiger partial charge >= 0.3 is 0 Å². The van der Waals surface area contributed by atoms with Crippen LogP contribution in [0.3, 0.4) is 0 Å². The Labute approximate surface area is 69.0 Å². The topological polar surface area (TPSA) is 108 Å². The van der Waals surface area contributed by atoms with Crippen LogP contribution in [0.25, 0.3) is 0 Å². The van der Waals surface area contributed by atoms with E-state index < -0.39 is 5.91 Å². The van der Waals surface area contributed by atoms with E-state index in [2.05, 4.69) is 15.0 Å². The van der Waals surface area contributed by atoms with Gasteiger partial charge in [-0.25, -0.2) is 4.98 Å². The molecule has 1 heterocycles. The fourth-order valence-electron chi connectivity index (χ4n) is 0.795. The van der Waals surface area contributed by atoms with Gasteiger partial charge in [0.2, 0.25) is 11.9 Å². The quantitative estimate of drug-likeness (QED) is 0.574. The highest BCUT2D eigenvalue weighted by atomic mass is 16.1. The third-order valence-corrected chi connectivity index (χ3v) is 1.14. The molecule has 0 fully saturated rings. The summed E-state index contributed by atoms with van der Waals surface area (Å²) in [7, 11) is 0. The van der Waals surface area contributed by atoms with E-state index in [0.717, 1.165) is 0 Å². The van der Waals surface area contributed by atoms with Crippen molar-refractivity contribution in [2.75, 3.05) is 5.73 Å². The Morgan fingerprint density at radius 2 is 2.08 bits per heavy atom. The molecular weight excluding hydrogens is 158 g/mol. The second-order valence-electron chi connectivity index (χ2n) is 2.30. The number of nitrogens with zero attached hydrogens (tertiary/aromatic N) is 3. The number of carbonyl (C=O) groups is 1. The van der Waals surface area contributed by atoms with Crippen LogP contribution in [0.15, 0.2) is 0 Å². The Bertz CT molecular complexity index is 291. The first kappa shape index (κ1) is 8.38. The maximum Gasteiger partial charge on any atom is 0.225 e. The van der Waals surface area contributed by atoms with Crippen LogP contribution >= 0.6 is 0 Å². The number of primary amides is 1. The molecule has 1 rings (SSSR count). The average Bonchev–Trinajstić information content (AvgIpc) is 1.81. The van der Waals surface area contributed by atoms with Crippen LogP contribution in [0.1, 0.15) is 11.6 Å². The van der Waals surface area contributed by atoms with E-state index >= 15 is 0 Å². The molecule has 0 spiro atoms. The number of rotatable bonds is 2. The third-order valence-electron chi connectivity index (χ3n) is 1.14. The Kier molecular flexibility index (Phi) is 2.18. The molecule has 12 heavy (non-hydrogen) atoms. The fourth-order valence-corrected chi connectivity index (χ4v) is 0.795. The Balaban J connectivity index is 2.93. The molecule has 0 aromatic carbocycles. The molecule has 0 saturated carbocycles. The van der Waals surface area contributed by atoms with Crippen molar-refractivity contribution in [3.05, 3.63) is 11.6 Å². The highest BCUT2D eigenvalue weighted by Crippen LogP contribution is 1.96. The molecule has 0 aliphatic heterocycles. The van der Waals surface area contributed by atoms with Crippen molar-refractivity contribution in [3.8, 4) is 0 Å². The van der Waals surface area contributed by atoms with Gasteiger partial charge in [0.15, 0.2) is 0 Å². The van der Waals surface area contributed by atoms with E-state index in [1.165, 1.54) is 0 Å². The lowest BCUT2D eigenvalue weighted by molar-refractivity contribution is -0.117. The SMILES string of the molecule is Cc1nc(N)nc(CC(N)=O)n1. The molecule has 0 bridgehead atoms. The van der Waals surface area contributed by atoms with Crippen LogP contribution in [-0.4, -0.2) is 20.9 Å². The van der Waals surface area contributed by atoms with Crippen LogP contribution in [-0.2, 0) is 11.2 Å². The number of carbonyl (C=O) groups excluding carboxylic acids is 1. The predicted octanol–water partition coefficient (Wildman–Crippen LogP) is -1.21. The van der Waals surface area contributed by atoms with Gasteiger partial charge in [0.05, 0.1) is 6.42 Å². The third kappa shape index (κ3) is 2.15. The first-order valence-corrected chi connectivity index (χ1v) is 3.33. The van der Waals surface area contributed by atoms with Gasteiger partial charge in [-0.15, -0.1) is 0 Å². The minimum absolute atomic E-state index is 0.00639. The molecule has 64 valence electrons. The number of aromatic nitrogens is 3. The molecule has 0 atom stereocenters. The number of aryl methyl sites for hydroxylation is 1. The lowest BCUT2D eigenvalue weighted by Crippen LogP contribution is -2.17. The van der Waals surface area contributed by atoms with Gasteiger partial charge in [-0.05, 0) is 6.92 Å². The van der Waals surface area contributed by atoms with Crippen LogP contribution in [0.4, 0.5) is 5.95 Å². The predicted molar refractivity (Wildman–Crippen MR) is 41.9 cm³/mol. The smallest absolute Gasteiger partial charge is 0.225 e. The van der Waals surface area contributed by atoms with Gasteiger partial charge in [0.25, 0.3) is 0 Å². The molecule has 1 amide bonds. The molecule has 6 heteroatoms. The van der Waals surface area contributed by atoms with Crippen molar-refractivity contribution in [3.63, 3.8) is 0 Å². The lowest BCUT2D eigenvalue weighted by atomic mass is 10.4. The molecule has 0 aliphatic carbocycles. The van der Waals surface area contributed by atoms with E-state index in [9.17, 15) is 4.79 Å². The molecule has 1 aromatic heterocycles. The van der Waals surface area contributed by atoms with Crippen molar-refractivity contribution >= 4 is 11.9 Å². The summed E-state index contributed by atoms with van der Waals surface area (Å²) in [5, 5.41) is 0. The highest BCUT2D eigenvalue weighted by molar-refractivity contribution is 5.75. The number of anilines is 1. The summed E-state index contributed by atoms with van der Waals surface area (Å²) < 4.78 is 0. The largest absolute Gasteiger partial charge is 0.369 e. The summed E-state index contributed by atoms with van der Waals surface area (Å²) in [5.41, 5.74) is 10.3. The zero-order valence-corrected chi connectivity index (χ0v) is 6.61. The number of hydrogen-bond acceptors (Lipinski definition) is 5. The first-order valence-electron chi connectivity index (χ1n) is 3.33. The van der Waals surface area contributed by atoms with Crippen LogP contribution in [0.2, 0.25) is 0 Å². The number of nitrogens with two attached hydrogens (primary N) is 2. The van der Waals surface area contributed by atoms with Gasteiger partial charge in [-0.2, -0.15) is 9.97 Å². The number of hydrogen-bond donors (Lipinski definition) is 2. The zero-order chi connectivity index (χ0) is 9.14. The lowest BCUT2D eigenvalue weighted by Gasteiger charge is -1.98. The monoisotopic (exact) mass is 167 g/mol. The highest BCUT2D eigenvalue weighted by Gasteiger charge is 2.03. The Hall–Kier alpha value is -1.72. The van der Waals surface area contributed by atoms with Gasteiger partial charge in [-0.1, -0.05) is 0 Å². The standard InChI is InChI=1S/C6H9N5O/c1-3-9-5(2-4(7)12)11-6(8)10-3/h2H2,1H3,(H2,7,12)(H2,8,9,10,11).